The van der Waals surface area contributed by atoms with Gasteiger partial charge in [-0.25, -0.2) is 14.6 Å². The number of nitrogens with one attached hydrogen (secondary N) is 4. The highest BCUT2D eigenvalue weighted by molar-refractivity contribution is 6.05. The van der Waals surface area contributed by atoms with Crippen molar-refractivity contribution in [3.63, 3.8) is 0 Å². The van der Waals surface area contributed by atoms with E-state index < -0.39 is 41.1 Å². The Morgan fingerprint density at radius 1 is 1.00 bits per heavy atom. The van der Waals surface area contributed by atoms with Gasteiger partial charge in [0.05, 0.1) is 6.33 Å². The van der Waals surface area contributed by atoms with Crippen LogP contribution >= 0.6 is 0 Å². The summed E-state index contributed by atoms with van der Waals surface area (Å²) in [5.41, 5.74) is -1.45. The highest BCUT2D eigenvalue weighted by Crippen LogP contribution is 2.13. The lowest BCUT2D eigenvalue weighted by Gasteiger charge is -2.24. The zero-order chi connectivity index (χ0) is 24.5. The number of amides is 3. The Hall–Kier alpha value is -3.11. The van der Waals surface area contributed by atoms with Gasteiger partial charge in [0.15, 0.2) is 5.69 Å². The van der Waals surface area contributed by atoms with Crippen LogP contribution in [0.3, 0.4) is 0 Å². The summed E-state index contributed by atoms with van der Waals surface area (Å²) in [5.74, 6) is -1.77. The molecule has 1 heterocycles. The van der Waals surface area contributed by atoms with Crippen LogP contribution in [-0.4, -0.2) is 64.7 Å². The van der Waals surface area contributed by atoms with Crippen molar-refractivity contribution in [2.75, 3.05) is 13.6 Å². The molecule has 180 valence electrons. The van der Waals surface area contributed by atoms with Gasteiger partial charge in [-0.2, -0.15) is 0 Å². The average Bonchev–Trinajstić information content (AvgIpc) is 3.13. The number of rotatable bonds is 9. The van der Waals surface area contributed by atoms with Gasteiger partial charge in [0, 0.05) is 13.6 Å². The van der Waals surface area contributed by atoms with Crippen molar-refractivity contribution in [3.05, 3.63) is 17.7 Å². The van der Waals surface area contributed by atoms with Crippen LogP contribution in [0.2, 0.25) is 0 Å². The molecule has 3 amide bonds. The first-order chi connectivity index (χ1) is 14.7. The van der Waals surface area contributed by atoms with Gasteiger partial charge in [0.1, 0.15) is 22.9 Å². The van der Waals surface area contributed by atoms with Crippen LogP contribution in [0.15, 0.2) is 6.33 Å². The summed E-state index contributed by atoms with van der Waals surface area (Å²) in [6, 6.07) is -0.947. The molecule has 0 saturated carbocycles. The fraction of sp³-hybridized carbons (Fsp3) is 0.667. The number of imidazole rings is 1. The number of ether oxygens (including phenoxy) is 2. The van der Waals surface area contributed by atoms with E-state index in [0.29, 0.717) is 19.4 Å². The molecule has 0 aliphatic heterocycles. The quantitative estimate of drug-likeness (QED) is 0.329. The number of carbonyl (C=O) groups is 4. The molecule has 0 unspecified atom stereocenters. The van der Waals surface area contributed by atoms with Crippen molar-refractivity contribution in [1.82, 2.24) is 25.9 Å². The molecule has 0 fully saturated rings. The number of esters is 1. The summed E-state index contributed by atoms with van der Waals surface area (Å²) in [6.07, 6.45) is 2.05. The van der Waals surface area contributed by atoms with Crippen LogP contribution in [0.25, 0.3) is 0 Å². The molecular weight excluding hydrogens is 418 g/mol. The van der Waals surface area contributed by atoms with E-state index in [2.05, 4.69) is 25.9 Å². The molecule has 0 aliphatic carbocycles. The highest BCUT2D eigenvalue weighted by atomic mass is 16.6. The van der Waals surface area contributed by atoms with E-state index in [9.17, 15) is 19.2 Å². The van der Waals surface area contributed by atoms with Crippen LogP contribution in [0, 0.1) is 0 Å². The lowest BCUT2D eigenvalue weighted by Crippen LogP contribution is -2.44. The minimum atomic E-state index is -0.947. The molecule has 0 aromatic carbocycles. The molecule has 1 atom stereocenters. The second-order valence-electron chi connectivity index (χ2n) is 9.19. The van der Waals surface area contributed by atoms with Crippen molar-refractivity contribution < 1.29 is 28.7 Å². The smallest absolute Gasteiger partial charge is 0.407 e. The van der Waals surface area contributed by atoms with Gasteiger partial charge in [-0.3, -0.25) is 9.59 Å². The molecule has 0 saturated heterocycles. The van der Waals surface area contributed by atoms with Crippen LogP contribution in [0.4, 0.5) is 4.79 Å². The largest absolute Gasteiger partial charge is 0.458 e. The summed E-state index contributed by atoms with van der Waals surface area (Å²) in [6.45, 7) is 10.9. The first kappa shape index (κ1) is 26.9. The van der Waals surface area contributed by atoms with Crippen molar-refractivity contribution in [3.8, 4) is 0 Å². The molecule has 32 heavy (non-hydrogen) atoms. The summed E-state index contributed by atoms with van der Waals surface area (Å²) < 4.78 is 10.6. The lowest BCUT2D eigenvalue weighted by atomic mass is 10.1. The van der Waals surface area contributed by atoms with Gasteiger partial charge in [0.2, 0.25) is 0 Å². The van der Waals surface area contributed by atoms with E-state index in [1.165, 1.54) is 13.4 Å². The van der Waals surface area contributed by atoms with Crippen LogP contribution in [0.1, 0.15) is 81.8 Å². The fourth-order valence-corrected chi connectivity index (χ4v) is 2.59. The molecule has 11 nitrogen and oxygen atoms in total. The van der Waals surface area contributed by atoms with Crippen LogP contribution < -0.4 is 16.0 Å². The molecule has 4 N–H and O–H groups in total. The average molecular weight is 454 g/mol. The highest BCUT2D eigenvalue weighted by Gasteiger charge is 2.29. The van der Waals surface area contributed by atoms with Crippen LogP contribution in [0.5, 0.6) is 0 Å². The Bertz CT molecular complexity index is 806. The van der Waals surface area contributed by atoms with E-state index in [0.717, 1.165) is 0 Å². The van der Waals surface area contributed by atoms with Gasteiger partial charge in [0.25, 0.3) is 11.8 Å². The summed E-state index contributed by atoms with van der Waals surface area (Å²) >= 11 is 0. The van der Waals surface area contributed by atoms with Gasteiger partial charge in [-0.15, -0.1) is 0 Å². The van der Waals surface area contributed by atoms with Gasteiger partial charge in [-0.1, -0.05) is 0 Å². The first-order valence-corrected chi connectivity index (χ1v) is 10.5. The SMILES string of the molecule is CNC(=O)c1[nH]cnc1C(=O)N[C@@H](CCCCNC(=O)OC(C)(C)C)C(=O)OC(C)(C)C. The van der Waals surface area contributed by atoms with E-state index >= 15 is 0 Å². The Labute approximate surface area is 188 Å². The van der Waals surface area contributed by atoms with Gasteiger partial charge < -0.3 is 30.4 Å². The number of nitrogens with zero attached hydrogens (tertiary/aromatic N) is 1. The third kappa shape index (κ3) is 9.80. The first-order valence-electron chi connectivity index (χ1n) is 10.5. The number of hydrogen-bond donors (Lipinski definition) is 4. The van der Waals surface area contributed by atoms with Crippen molar-refractivity contribution in [2.24, 2.45) is 0 Å². The standard InChI is InChI=1S/C21H35N5O6/c1-20(2,3)31-18(29)13(10-8-9-11-23-19(30)32-21(4,5)6)26-17(28)15-14(16(27)22-7)24-12-25-15/h12-13H,8-11H2,1-7H3,(H,22,27)(H,23,30)(H,24,25)(H,26,28)/t13-/m0/s1. The number of hydrogen-bond acceptors (Lipinski definition) is 7. The maximum atomic E-state index is 12.7. The summed E-state index contributed by atoms with van der Waals surface area (Å²) in [7, 11) is 1.43. The molecule has 11 heteroatoms. The Kier molecular flexibility index (Phi) is 9.67. The van der Waals surface area contributed by atoms with Crippen LogP contribution in [-0.2, 0) is 14.3 Å². The molecule has 0 spiro atoms. The number of carbonyl (C=O) groups excluding carboxylic acids is 4. The predicted molar refractivity (Wildman–Crippen MR) is 117 cm³/mol. The van der Waals surface area contributed by atoms with E-state index in [4.69, 9.17) is 9.47 Å². The van der Waals surface area contributed by atoms with E-state index in [1.54, 1.807) is 41.5 Å². The van der Waals surface area contributed by atoms with Gasteiger partial charge >= 0.3 is 12.1 Å². The third-order valence-electron chi connectivity index (χ3n) is 3.89. The zero-order valence-electron chi connectivity index (χ0n) is 19.9. The molecule has 0 bridgehead atoms. The molecule has 1 rings (SSSR count). The normalized spacial score (nSPS) is 12.5. The zero-order valence-corrected chi connectivity index (χ0v) is 19.9. The minimum absolute atomic E-state index is 0.00509. The van der Waals surface area contributed by atoms with E-state index in [1.807, 2.05) is 0 Å². The molecule has 1 aromatic heterocycles. The fourth-order valence-electron chi connectivity index (χ4n) is 2.59. The third-order valence-corrected chi connectivity index (χ3v) is 3.89. The van der Waals surface area contributed by atoms with Crippen molar-refractivity contribution in [1.29, 1.82) is 0 Å². The topological polar surface area (TPSA) is 152 Å². The number of alkyl carbamates (subject to hydrolysis) is 1. The minimum Gasteiger partial charge on any atom is -0.458 e. The monoisotopic (exact) mass is 453 g/mol. The van der Waals surface area contributed by atoms with Crippen molar-refractivity contribution >= 4 is 23.9 Å². The molecule has 1 aromatic rings. The number of aromatic amines is 1. The Morgan fingerprint density at radius 3 is 2.19 bits per heavy atom. The number of unbranched alkanes of at least 4 members (excludes halogenated alkanes) is 1. The summed E-state index contributed by atoms with van der Waals surface area (Å²) in [4.78, 5) is 55.4. The Morgan fingerprint density at radius 2 is 1.62 bits per heavy atom. The maximum absolute atomic E-state index is 12.7. The van der Waals surface area contributed by atoms with Crippen molar-refractivity contribution in [2.45, 2.75) is 78.0 Å². The van der Waals surface area contributed by atoms with Gasteiger partial charge in [-0.05, 0) is 60.8 Å². The maximum Gasteiger partial charge on any atom is 0.407 e. The molecular formula is C21H35N5O6. The summed E-state index contributed by atoms with van der Waals surface area (Å²) in [5, 5.41) is 7.67. The second kappa shape index (κ2) is 11.5. The predicted octanol–water partition coefficient (Wildman–Crippen LogP) is 1.90. The molecule has 0 radical (unpaired) electrons. The second-order valence-corrected chi connectivity index (χ2v) is 9.19. The van der Waals surface area contributed by atoms with E-state index in [-0.39, 0.29) is 17.8 Å². The Balaban J connectivity index is 2.73. The number of aromatic nitrogens is 2. The number of H-pyrrole nitrogens is 1. The molecule has 0 aliphatic rings. The lowest BCUT2D eigenvalue weighted by molar-refractivity contribution is -0.157.